The third-order valence-electron chi connectivity index (χ3n) is 4.16. The molecule has 2 aromatic rings. The average molecular weight is 394 g/mol. The molecular formula is C18H20ClN3O3S. The summed E-state index contributed by atoms with van der Waals surface area (Å²) in [6, 6.07) is 11.6. The number of carbonyl (C=O) groups excluding carboxylic acids is 1. The first-order chi connectivity index (χ1) is 12.3. The van der Waals surface area contributed by atoms with E-state index in [0.29, 0.717) is 35.1 Å². The van der Waals surface area contributed by atoms with E-state index in [2.05, 4.69) is 10.6 Å². The Bertz CT molecular complexity index is 931. The molecule has 1 aliphatic heterocycles. The van der Waals surface area contributed by atoms with Crippen molar-refractivity contribution >= 4 is 44.7 Å². The number of anilines is 3. The zero-order chi connectivity index (χ0) is 18.7. The van der Waals surface area contributed by atoms with E-state index < -0.39 is 16.1 Å². The van der Waals surface area contributed by atoms with Gasteiger partial charge in [0.25, 0.3) is 0 Å². The van der Waals surface area contributed by atoms with Gasteiger partial charge in [-0.15, -0.1) is 0 Å². The maximum atomic E-state index is 12.3. The Balaban J connectivity index is 1.72. The van der Waals surface area contributed by atoms with Gasteiger partial charge in [0.15, 0.2) is 0 Å². The minimum Gasteiger partial charge on any atom is -0.308 e. The SMILES string of the molecule is Cc1cc(NC(=O)Nc2cccc(Cl)c2)ccc1N1CCCCS1(=O)=O. The highest BCUT2D eigenvalue weighted by molar-refractivity contribution is 7.92. The summed E-state index contributed by atoms with van der Waals surface area (Å²) in [6.45, 7) is 2.32. The summed E-state index contributed by atoms with van der Waals surface area (Å²) >= 11 is 5.90. The summed E-state index contributed by atoms with van der Waals surface area (Å²) < 4.78 is 26.0. The van der Waals surface area contributed by atoms with Crippen molar-refractivity contribution in [3.8, 4) is 0 Å². The zero-order valence-corrected chi connectivity index (χ0v) is 15.9. The molecule has 1 saturated heterocycles. The number of hydrogen-bond acceptors (Lipinski definition) is 3. The van der Waals surface area contributed by atoms with Crippen molar-refractivity contribution < 1.29 is 13.2 Å². The lowest BCUT2D eigenvalue weighted by molar-refractivity contribution is 0.262. The molecule has 2 N–H and O–H groups in total. The van der Waals surface area contributed by atoms with Crippen LogP contribution < -0.4 is 14.9 Å². The third-order valence-corrected chi connectivity index (χ3v) is 6.25. The predicted molar refractivity (Wildman–Crippen MR) is 106 cm³/mol. The summed E-state index contributed by atoms with van der Waals surface area (Å²) in [5.41, 5.74) is 2.62. The quantitative estimate of drug-likeness (QED) is 0.819. The van der Waals surface area contributed by atoms with E-state index in [9.17, 15) is 13.2 Å². The van der Waals surface area contributed by atoms with Crippen LogP contribution in [0.5, 0.6) is 0 Å². The molecule has 0 saturated carbocycles. The molecule has 26 heavy (non-hydrogen) atoms. The van der Waals surface area contributed by atoms with Gasteiger partial charge in [0, 0.05) is 22.9 Å². The van der Waals surface area contributed by atoms with Crippen LogP contribution in [-0.4, -0.2) is 26.7 Å². The average Bonchev–Trinajstić information content (AvgIpc) is 2.55. The third kappa shape index (κ3) is 4.28. The van der Waals surface area contributed by atoms with Crippen molar-refractivity contribution in [2.45, 2.75) is 19.8 Å². The molecule has 0 aromatic heterocycles. The van der Waals surface area contributed by atoms with Crippen molar-refractivity contribution in [3.63, 3.8) is 0 Å². The van der Waals surface area contributed by atoms with Gasteiger partial charge in [-0.1, -0.05) is 17.7 Å². The van der Waals surface area contributed by atoms with E-state index in [1.54, 1.807) is 42.5 Å². The predicted octanol–water partition coefficient (Wildman–Crippen LogP) is 4.22. The first kappa shape index (κ1) is 18.5. The number of nitrogens with zero attached hydrogens (tertiary/aromatic N) is 1. The maximum absolute atomic E-state index is 12.3. The fourth-order valence-electron chi connectivity index (χ4n) is 2.93. The Morgan fingerprint density at radius 2 is 1.81 bits per heavy atom. The van der Waals surface area contributed by atoms with E-state index in [0.717, 1.165) is 12.0 Å². The van der Waals surface area contributed by atoms with Crippen LogP contribution >= 0.6 is 11.6 Å². The van der Waals surface area contributed by atoms with Gasteiger partial charge in [0.1, 0.15) is 0 Å². The van der Waals surface area contributed by atoms with Crippen molar-refractivity contribution in [1.29, 1.82) is 0 Å². The Labute approximate surface area is 158 Å². The molecule has 0 unspecified atom stereocenters. The van der Waals surface area contributed by atoms with Crippen LogP contribution in [0.15, 0.2) is 42.5 Å². The first-order valence-electron chi connectivity index (χ1n) is 8.30. The number of sulfonamides is 1. The summed E-state index contributed by atoms with van der Waals surface area (Å²) in [6.07, 6.45) is 1.54. The lowest BCUT2D eigenvalue weighted by Gasteiger charge is -2.29. The Morgan fingerprint density at radius 1 is 1.08 bits per heavy atom. The highest BCUT2D eigenvalue weighted by Crippen LogP contribution is 2.29. The number of aryl methyl sites for hydroxylation is 1. The normalized spacial score (nSPS) is 16.2. The van der Waals surface area contributed by atoms with Crippen molar-refractivity contribution in [2.75, 3.05) is 27.2 Å². The van der Waals surface area contributed by atoms with E-state index in [1.165, 1.54) is 4.31 Å². The van der Waals surface area contributed by atoms with Gasteiger partial charge in [-0.05, 0) is 61.7 Å². The summed E-state index contributed by atoms with van der Waals surface area (Å²) in [4.78, 5) is 12.1. The van der Waals surface area contributed by atoms with Gasteiger partial charge in [-0.25, -0.2) is 13.2 Å². The summed E-state index contributed by atoms with van der Waals surface area (Å²) in [7, 11) is -3.26. The van der Waals surface area contributed by atoms with Crippen LogP contribution in [0.2, 0.25) is 5.02 Å². The standard InChI is InChI=1S/C18H20ClN3O3S/c1-13-11-16(21-18(23)20-15-6-4-5-14(19)12-15)7-8-17(13)22-9-2-3-10-26(22,24)25/h4-8,11-12H,2-3,9-10H2,1H3,(H2,20,21,23). The van der Waals surface area contributed by atoms with Gasteiger partial charge in [-0.2, -0.15) is 0 Å². The number of nitrogens with one attached hydrogen (secondary N) is 2. The molecule has 0 aliphatic carbocycles. The van der Waals surface area contributed by atoms with Gasteiger partial charge < -0.3 is 10.6 Å². The van der Waals surface area contributed by atoms with Crippen LogP contribution in [0.1, 0.15) is 18.4 Å². The zero-order valence-electron chi connectivity index (χ0n) is 14.3. The van der Waals surface area contributed by atoms with Gasteiger partial charge in [0.05, 0.1) is 11.4 Å². The number of carbonyl (C=O) groups is 1. The first-order valence-corrected chi connectivity index (χ1v) is 10.3. The maximum Gasteiger partial charge on any atom is 0.323 e. The Kier molecular flexibility index (Phi) is 5.38. The highest BCUT2D eigenvalue weighted by atomic mass is 35.5. The molecule has 0 radical (unpaired) electrons. The molecule has 0 bridgehead atoms. The molecule has 1 heterocycles. The molecule has 1 aliphatic rings. The van der Waals surface area contributed by atoms with Crippen LogP contribution in [0.4, 0.5) is 21.9 Å². The van der Waals surface area contributed by atoms with Crippen molar-refractivity contribution in [2.24, 2.45) is 0 Å². The molecule has 8 heteroatoms. The monoisotopic (exact) mass is 393 g/mol. The second kappa shape index (κ2) is 7.55. The largest absolute Gasteiger partial charge is 0.323 e. The number of benzene rings is 2. The molecule has 1 fully saturated rings. The van der Waals surface area contributed by atoms with E-state index in [4.69, 9.17) is 11.6 Å². The van der Waals surface area contributed by atoms with Crippen LogP contribution in [0.3, 0.4) is 0 Å². The number of halogens is 1. The number of urea groups is 1. The molecular weight excluding hydrogens is 374 g/mol. The van der Waals surface area contributed by atoms with E-state index in [-0.39, 0.29) is 5.75 Å². The van der Waals surface area contributed by atoms with Gasteiger partial charge >= 0.3 is 6.03 Å². The van der Waals surface area contributed by atoms with Crippen LogP contribution in [0.25, 0.3) is 0 Å². The number of amides is 2. The lowest BCUT2D eigenvalue weighted by Crippen LogP contribution is -2.38. The fraction of sp³-hybridized carbons (Fsp3) is 0.278. The van der Waals surface area contributed by atoms with Gasteiger partial charge in [0.2, 0.25) is 10.0 Å². The lowest BCUT2D eigenvalue weighted by atomic mass is 10.1. The second-order valence-electron chi connectivity index (χ2n) is 6.19. The molecule has 138 valence electrons. The minimum atomic E-state index is -3.26. The molecule has 0 spiro atoms. The molecule has 3 rings (SSSR count). The molecule has 2 aromatic carbocycles. The van der Waals surface area contributed by atoms with E-state index in [1.807, 2.05) is 6.92 Å². The number of hydrogen-bond donors (Lipinski definition) is 2. The minimum absolute atomic E-state index is 0.175. The number of rotatable bonds is 3. The molecule has 0 atom stereocenters. The molecule has 6 nitrogen and oxygen atoms in total. The van der Waals surface area contributed by atoms with Crippen molar-refractivity contribution in [1.82, 2.24) is 0 Å². The fourth-order valence-corrected chi connectivity index (χ4v) is 4.82. The van der Waals surface area contributed by atoms with E-state index >= 15 is 0 Å². The van der Waals surface area contributed by atoms with Crippen LogP contribution in [-0.2, 0) is 10.0 Å². The summed E-state index contributed by atoms with van der Waals surface area (Å²) in [5.74, 6) is 0.175. The molecule has 2 amide bonds. The topological polar surface area (TPSA) is 78.5 Å². The van der Waals surface area contributed by atoms with Crippen molar-refractivity contribution in [3.05, 3.63) is 53.1 Å². The van der Waals surface area contributed by atoms with Crippen LogP contribution in [0, 0.1) is 6.92 Å². The highest BCUT2D eigenvalue weighted by Gasteiger charge is 2.27. The van der Waals surface area contributed by atoms with Gasteiger partial charge in [-0.3, -0.25) is 4.31 Å². The summed E-state index contributed by atoms with van der Waals surface area (Å²) in [5, 5.41) is 5.97. The smallest absolute Gasteiger partial charge is 0.308 e. The Hall–Kier alpha value is -2.25. The Morgan fingerprint density at radius 3 is 2.46 bits per heavy atom. The second-order valence-corrected chi connectivity index (χ2v) is 8.64.